The second kappa shape index (κ2) is 4.17. The van der Waals surface area contributed by atoms with Crippen molar-refractivity contribution in [2.45, 2.75) is 17.9 Å². The van der Waals surface area contributed by atoms with Gasteiger partial charge in [-0.25, -0.2) is 22.3 Å². The molecule has 1 heterocycles. The van der Waals surface area contributed by atoms with Gasteiger partial charge in [0.1, 0.15) is 10.6 Å². The van der Waals surface area contributed by atoms with Crippen LogP contribution in [0.15, 0.2) is 17.2 Å². The number of rotatable bonds is 3. The summed E-state index contributed by atoms with van der Waals surface area (Å²) in [5.41, 5.74) is 4.70. The fourth-order valence-corrected chi connectivity index (χ4v) is 1.75. The maximum Gasteiger partial charge on any atom is 0.281 e. The van der Waals surface area contributed by atoms with Gasteiger partial charge in [0.2, 0.25) is 10.0 Å². The third kappa shape index (κ3) is 2.67. The molecule has 0 spiro atoms. The van der Waals surface area contributed by atoms with Crippen LogP contribution in [-0.2, 0) is 16.6 Å². The van der Waals surface area contributed by atoms with E-state index in [0.29, 0.717) is 5.56 Å². The zero-order valence-electron chi connectivity index (χ0n) is 7.52. The van der Waals surface area contributed by atoms with E-state index in [1.807, 2.05) is 0 Å². The Hall–Kier alpha value is -1.12. The van der Waals surface area contributed by atoms with Crippen LogP contribution in [0.5, 0.6) is 0 Å². The van der Waals surface area contributed by atoms with Gasteiger partial charge in [0.15, 0.2) is 0 Å². The number of halogens is 2. The molecule has 0 saturated carbocycles. The highest BCUT2D eigenvalue weighted by Crippen LogP contribution is 2.24. The number of aromatic nitrogens is 1. The summed E-state index contributed by atoms with van der Waals surface area (Å²) in [4.78, 5) is 2.65. The maximum absolute atomic E-state index is 12.4. The minimum Gasteiger partial charge on any atom is -0.326 e. The number of nitrogens with two attached hydrogens (primary N) is 2. The molecule has 0 fully saturated rings. The monoisotopic (exact) mass is 237 g/mol. The Morgan fingerprint density at radius 1 is 1.47 bits per heavy atom. The van der Waals surface area contributed by atoms with Crippen molar-refractivity contribution in [1.29, 1.82) is 0 Å². The van der Waals surface area contributed by atoms with Gasteiger partial charge in [0.05, 0.1) is 0 Å². The highest BCUT2D eigenvalue weighted by Gasteiger charge is 2.22. The number of sulfonamides is 1. The molecular formula is C7H9F2N3O2S. The average Bonchev–Trinajstić information content (AvgIpc) is 2.15. The Bertz CT molecular complexity index is 461. The molecule has 0 radical (unpaired) electrons. The van der Waals surface area contributed by atoms with E-state index < -0.39 is 27.0 Å². The number of hydrogen-bond donors (Lipinski definition) is 2. The lowest BCUT2D eigenvalue weighted by Gasteiger charge is -2.07. The zero-order chi connectivity index (χ0) is 11.6. The predicted octanol–water partition coefficient (Wildman–Crippen LogP) is 0.125. The third-order valence-electron chi connectivity index (χ3n) is 1.69. The number of nitrogens with zero attached hydrogens (tertiary/aromatic N) is 1. The van der Waals surface area contributed by atoms with Crippen LogP contribution >= 0.6 is 0 Å². The van der Waals surface area contributed by atoms with E-state index in [-0.39, 0.29) is 6.54 Å². The maximum atomic E-state index is 12.4. The zero-order valence-corrected chi connectivity index (χ0v) is 8.34. The molecule has 0 aliphatic carbocycles. The van der Waals surface area contributed by atoms with Crippen LogP contribution < -0.4 is 10.9 Å². The van der Waals surface area contributed by atoms with Crippen molar-refractivity contribution < 1.29 is 17.2 Å². The average molecular weight is 237 g/mol. The number of primary sulfonamides is 1. The minimum absolute atomic E-state index is 0.000954. The quantitative estimate of drug-likeness (QED) is 0.780. The van der Waals surface area contributed by atoms with Crippen LogP contribution in [0.25, 0.3) is 0 Å². The van der Waals surface area contributed by atoms with Crippen LogP contribution in [-0.4, -0.2) is 13.4 Å². The largest absolute Gasteiger partial charge is 0.326 e. The summed E-state index contributed by atoms with van der Waals surface area (Å²) in [7, 11) is -4.21. The van der Waals surface area contributed by atoms with Crippen molar-refractivity contribution in [3.05, 3.63) is 23.5 Å². The van der Waals surface area contributed by atoms with Crippen LogP contribution in [0.2, 0.25) is 0 Å². The van der Waals surface area contributed by atoms with Gasteiger partial charge in [-0.15, -0.1) is 0 Å². The SMILES string of the molecule is NCc1cnc(C(F)F)c(S(N)(=O)=O)c1. The number of pyridine rings is 1. The molecule has 0 unspecified atom stereocenters. The summed E-state index contributed by atoms with van der Waals surface area (Å²) in [6, 6.07) is 1.00. The highest BCUT2D eigenvalue weighted by molar-refractivity contribution is 7.89. The lowest BCUT2D eigenvalue weighted by atomic mass is 10.2. The number of alkyl halides is 2. The molecule has 15 heavy (non-hydrogen) atoms. The van der Waals surface area contributed by atoms with Crippen molar-refractivity contribution in [3.8, 4) is 0 Å². The van der Waals surface area contributed by atoms with Crippen LogP contribution in [0, 0.1) is 0 Å². The molecular weight excluding hydrogens is 228 g/mol. The normalized spacial score (nSPS) is 12.1. The summed E-state index contributed by atoms with van der Waals surface area (Å²) >= 11 is 0. The molecule has 8 heteroatoms. The molecule has 0 aliphatic heterocycles. The van der Waals surface area contributed by atoms with E-state index in [0.717, 1.165) is 12.3 Å². The second-order valence-electron chi connectivity index (χ2n) is 2.78. The van der Waals surface area contributed by atoms with Gasteiger partial charge < -0.3 is 5.73 Å². The molecule has 0 saturated heterocycles. The van der Waals surface area contributed by atoms with Crippen LogP contribution in [0.4, 0.5) is 8.78 Å². The van der Waals surface area contributed by atoms with Crippen molar-refractivity contribution in [1.82, 2.24) is 4.98 Å². The molecule has 0 bridgehead atoms. The smallest absolute Gasteiger partial charge is 0.281 e. The van der Waals surface area contributed by atoms with E-state index in [1.54, 1.807) is 0 Å². The van der Waals surface area contributed by atoms with Gasteiger partial charge in [-0.3, -0.25) is 4.98 Å². The first-order chi connectivity index (χ1) is 6.86. The summed E-state index contributed by atoms with van der Waals surface area (Å²) < 4.78 is 46.7. The first kappa shape index (κ1) is 12.0. The van der Waals surface area contributed by atoms with Gasteiger partial charge in [-0.1, -0.05) is 0 Å². The summed E-state index contributed by atoms with van der Waals surface area (Å²) in [6.45, 7) is -0.000954. The summed E-state index contributed by atoms with van der Waals surface area (Å²) in [5, 5.41) is 4.78. The van der Waals surface area contributed by atoms with Crippen molar-refractivity contribution >= 4 is 10.0 Å². The Labute approximate surface area is 85.2 Å². The van der Waals surface area contributed by atoms with E-state index >= 15 is 0 Å². The summed E-state index contributed by atoms with van der Waals surface area (Å²) in [6.07, 6.45) is -1.90. The molecule has 1 aromatic rings. The lowest BCUT2D eigenvalue weighted by molar-refractivity contribution is 0.142. The fraction of sp³-hybridized carbons (Fsp3) is 0.286. The van der Waals surface area contributed by atoms with Crippen LogP contribution in [0.1, 0.15) is 17.7 Å². The van der Waals surface area contributed by atoms with Crippen molar-refractivity contribution in [2.24, 2.45) is 10.9 Å². The van der Waals surface area contributed by atoms with Gasteiger partial charge in [-0.2, -0.15) is 0 Å². The highest BCUT2D eigenvalue weighted by atomic mass is 32.2. The van der Waals surface area contributed by atoms with E-state index in [9.17, 15) is 17.2 Å². The van der Waals surface area contributed by atoms with Gasteiger partial charge >= 0.3 is 0 Å². The Balaban J connectivity index is 3.43. The van der Waals surface area contributed by atoms with Gasteiger partial charge in [-0.05, 0) is 11.6 Å². The lowest BCUT2D eigenvalue weighted by Crippen LogP contribution is -2.16. The molecule has 1 aromatic heterocycles. The fourth-order valence-electron chi connectivity index (χ4n) is 0.999. The van der Waals surface area contributed by atoms with E-state index in [1.165, 1.54) is 0 Å². The van der Waals surface area contributed by atoms with Crippen molar-refractivity contribution in [3.63, 3.8) is 0 Å². The molecule has 0 amide bonds. The Kier molecular flexibility index (Phi) is 3.32. The molecule has 84 valence electrons. The first-order valence-corrected chi connectivity index (χ1v) is 5.40. The molecule has 4 N–H and O–H groups in total. The summed E-state index contributed by atoms with van der Waals surface area (Å²) in [5.74, 6) is 0. The molecule has 0 aromatic carbocycles. The van der Waals surface area contributed by atoms with Gasteiger partial charge in [0, 0.05) is 12.7 Å². The Morgan fingerprint density at radius 2 is 2.07 bits per heavy atom. The van der Waals surface area contributed by atoms with Crippen LogP contribution in [0.3, 0.4) is 0 Å². The minimum atomic E-state index is -4.21. The third-order valence-corrected chi connectivity index (χ3v) is 2.63. The predicted molar refractivity (Wildman–Crippen MR) is 48.5 cm³/mol. The second-order valence-corrected chi connectivity index (χ2v) is 4.31. The topological polar surface area (TPSA) is 99.1 Å². The van der Waals surface area contributed by atoms with E-state index in [4.69, 9.17) is 10.9 Å². The molecule has 5 nitrogen and oxygen atoms in total. The molecule has 0 aliphatic rings. The Morgan fingerprint density at radius 3 is 2.47 bits per heavy atom. The van der Waals surface area contributed by atoms with Crippen molar-refractivity contribution in [2.75, 3.05) is 0 Å². The van der Waals surface area contributed by atoms with E-state index in [2.05, 4.69) is 4.98 Å². The van der Waals surface area contributed by atoms with Gasteiger partial charge in [0.25, 0.3) is 6.43 Å². The molecule has 1 rings (SSSR count). The number of hydrogen-bond acceptors (Lipinski definition) is 4. The molecule has 0 atom stereocenters. The first-order valence-electron chi connectivity index (χ1n) is 3.86. The standard InChI is InChI=1S/C7H9F2N3O2S/c8-7(9)6-5(15(11,13)14)1-4(2-10)3-12-6/h1,3,7H,2,10H2,(H2,11,13,14).